The zero-order valence-corrected chi connectivity index (χ0v) is 13.7. The molecular formula is C17H27NO4. The minimum absolute atomic E-state index is 0.124. The van der Waals surface area contributed by atoms with Gasteiger partial charge in [0.2, 0.25) is 5.91 Å². The lowest BCUT2D eigenvalue weighted by molar-refractivity contribution is -0.149. The van der Waals surface area contributed by atoms with Gasteiger partial charge in [-0.3, -0.25) is 9.59 Å². The summed E-state index contributed by atoms with van der Waals surface area (Å²) in [6, 6.07) is 0. The van der Waals surface area contributed by atoms with Gasteiger partial charge in [-0.2, -0.15) is 0 Å². The van der Waals surface area contributed by atoms with Crippen molar-refractivity contribution < 1.29 is 19.1 Å². The highest BCUT2D eigenvalue weighted by atomic mass is 16.5. The fourth-order valence-electron chi connectivity index (χ4n) is 4.20. The van der Waals surface area contributed by atoms with E-state index in [0.29, 0.717) is 25.0 Å². The number of methoxy groups -OCH3 is 2. The van der Waals surface area contributed by atoms with Crippen molar-refractivity contribution in [1.29, 1.82) is 0 Å². The summed E-state index contributed by atoms with van der Waals surface area (Å²) in [6.45, 7) is 1.91. The van der Waals surface area contributed by atoms with Gasteiger partial charge in [-0.15, -0.1) is 0 Å². The second-order valence-corrected chi connectivity index (χ2v) is 7.22. The molecule has 22 heavy (non-hydrogen) atoms. The molecule has 0 aromatic rings. The van der Waals surface area contributed by atoms with Crippen LogP contribution in [0.1, 0.15) is 38.5 Å². The molecule has 0 unspecified atom stereocenters. The third kappa shape index (κ3) is 2.75. The lowest BCUT2D eigenvalue weighted by Gasteiger charge is -2.42. The molecule has 5 heteroatoms. The van der Waals surface area contributed by atoms with Crippen molar-refractivity contribution in [3.63, 3.8) is 0 Å². The smallest absolute Gasteiger partial charge is 0.310 e. The summed E-state index contributed by atoms with van der Waals surface area (Å²) in [4.78, 5) is 27.0. The molecule has 1 heterocycles. The van der Waals surface area contributed by atoms with Crippen LogP contribution in [0, 0.1) is 23.2 Å². The van der Waals surface area contributed by atoms with Gasteiger partial charge in [0.15, 0.2) is 0 Å². The fraction of sp³-hybridized carbons (Fsp3) is 0.882. The van der Waals surface area contributed by atoms with Crippen LogP contribution >= 0.6 is 0 Å². The maximum absolute atomic E-state index is 13.0. The molecule has 2 saturated carbocycles. The zero-order chi connectivity index (χ0) is 15.7. The average molecular weight is 309 g/mol. The number of carbonyl (C=O) groups is 2. The van der Waals surface area contributed by atoms with Crippen molar-refractivity contribution in [3.8, 4) is 0 Å². The van der Waals surface area contributed by atoms with Crippen molar-refractivity contribution in [2.45, 2.75) is 38.5 Å². The van der Waals surface area contributed by atoms with Crippen LogP contribution in [0.5, 0.6) is 0 Å². The highest BCUT2D eigenvalue weighted by Crippen LogP contribution is 2.49. The fourth-order valence-corrected chi connectivity index (χ4v) is 4.20. The van der Waals surface area contributed by atoms with E-state index in [4.69, 9.17) is 9.47 Å². The van der Waals surface area contributed by atoms with Gasteiger partial charge in [-0.05, 0) is 43.9 Å². The molecule has 0 spiro atoms. The average Bonchev–Trinajstić information content (AvgIpc) is 3.24. The van der Waals surface area contributed by atoms with E-state index in [1.807, 2.05) is 4.90 Å². The molecule has 2 atom stereocenters. The van der Waals surface area contributed by atoms with Gasteiger partial charge in [-0.1, -0.05) is 6.42 Å². The van der Waals surface area contributed by atoms with E-state index >= 15 is 0 Å². The largest absolute Gasteiger partial charge is 0.469 e. The third-order valence-electron chi connectivity index (χ3n) is 5.93. The third-order valence-corrected chi connectivity index (χ3v) is 5.93. The first-order chi connectivity index (χ1) is 10.6. The van der Waals surface area contributed by atoms with Crippen LogP contribution in [0.25, 0.3) is 0 Å². The molecule has 0 aromatic carbocycles. The van der Waals surface area contributed by atoms with E-state index in [1.54, 1.807) is 7.11 Å². The van der Waals surface area contributed by atoms with Crippen LogP contribution in [0.2, 0.25) is 0 Å². The minimum Gasteiger partial charge on any atom is -0.469 e. The molecule has 0 radical (unpaired) electrons. The standard InChI is InChI=1S/C17H27NO4/c1-21-9-8-17(6-3-7-17)16(20)18-10-13(12-4-5-12)14(11-18)15(19)22-2/h12-14H,3-11H2,1-2H3/t13-,14+/m1/s1. The van der Waals surface area contributed by atoms with Crippen molar-refractivity contribution >= 4 is 11.9 Å². The van der Waals surface area contributed by atoms with Crippen molar-refractivity contribution in [2.75, 3.05) is 33.9 Å². The van der Waals surface area contributed by atoms with E-state index in [0.717, 1.165) is 32.2 Å². The Morgan fingerprint density at radius 3 is 2.41 bits per heavy atom. The lowest BCUT2D eigenvalue weighted by atomic mass is 9.66. The van der Waals surface area contributed by atoms with Gasteiger partial charge in [0.1, 0.15) is 0 Å². The maximum Gasteiger partial charge on any atom is 0.310 e. The van der Waals surface area contributed by atoms with E-state index in [9.17, 15) is 9.59 Å². The van der Waals surface area contributed by atoms with E-state index in [-0.39, 0.29) is 23.2 Å². The lowest BCUT2D eigenvalue weighted by Crippen LogP contribution is -2.48. The molecule has 0 N–H and O–H groups in total. The Bertz CT molecular complexity index is 442. The first kappa shape index (κ1) is 15.8. The van der Waals surface area contributed by atoms with Crippen molar-refractivity contribution in [2.24, 2.45) is 23.2 Å². The van der Waals surface area contributed by atoms with Crippen LogP contribution in [-0.4, -0.2) is 50.7 Å². The highest BCUT2D eigenvalue weighted by Gasteiger charge is 2.52. The molecule has 3 aliphatic rings. The predicted octanol–water partition coefficient (Wildman–Crippen LogP) is 1.85. The molecule has 0 aromatic heterocycles. The van der Waals surface area contributed by atoms with E-state index in [1.165, 1.54) is 20.0 Å². The Morgan fingerprint density at radius 1 is 1.18 bits per heavy atom. The summed E-state index contributed by atoms with van der Waals surface area (Å²) in [6.07, 6.45) is 6.22. The molecule has 3 rings (SSSR count). The van der Waals surface area contributed by atoms with Gasteiger partial charge in [0.25, 0.3) is 0 Å². The number of hydrogen-bond acceptors (Lipinski definition) is 4. The van der Waals surface area contributed by atoms with Crippen LogP contribution in [0.15, 0.2) is 0 Å². The van der Waals surface area contributed by atoms with Crippen molar-refractivity contribution in [1.82, 2.24) is 4.90 Å². The number of amides is 1. The Morgan fingerprint density at radius 2 is 1.91 bits per heavy atom. The molecule has 0 bridgehead atoms. The second kappa shape index (κ2) is 6.19. The summed E-state index contributed by atoms with van der Waals surface area (Å²) < 4.78 is 10.2. The van der Waals surface area contributed by atoms with Crippen LogP contribution in [-0.2, 0) is 19.1 Å². The van der Waals surface area contributed by atoms with Gasteiger partial charge >= 0.3 is 5.97 Å². The zero-order valence-electron chi connectivity index (χ0n) is 13.7. The van der Waals surface area contributed by atoms with Crippen molar-refractivity contribution in [3.05, 3.63) is 0 Å². The van der Waals surface area contributed by atoms with Gasteiger partial charge in [0, 0.05) is 26.8 Å². The maximum atomic E-state index is 13.0. The summed E-state index contributed by atoms with van der Waals surface area (Å²) in [5.41, 5.74) is -0.227. The number of hydrogen-bond donors (Lipinski definition) is 0. The van der Waals surface area contributed by atoms with E-state index < -0.39 is 0 Å². The van der Waals surface area contributed by atoms with E-state index in [2.05, 4.69) is 0 Å². The van der Waals surface area contributed by atoms with Crippen LogP contribution < -0.4 is 0 Å². The first-order valence-electron chi connectivity index (χ1n) is 8.47. The molecule has 1 amide bonds. The SMILES string of the molecule is COCCC1(C(=O)N2C[C@H](C(=O)OC)[C@@H](C3CC3)C2)CCC1. The summed E-state index contributed by atoms with van der Waals surface area (Å²) >= 11 is 0. The molecular weight excluding hydrogens is 282 g/mol. The summed E-state index contributed by atoms with van der Waals surface area (Å²) in [5, 5.41) is 0. The van der Waals surface area contributed by atoms with Gasteiger partial charge < -0.3 is 14.4 Å². The Balaban J connectivity index is 1.69. The number of esters is 1. The summed E-state index contributed by atoms with van der Waals surface area (Å²) in [5.74, 6) is 0.884. The first-order valence-corrected chi connectivity index (χ1v) is 8.47. The summed E-state index contributed by atoms with van der Waals surface area (Å²) in [7, 11) is 3.13. The van der Waals surface area contributed by atoms with Gasteiger partial charge in [-0.25, -0.2) is 0 Å². The Labute approximate surface area is 132 Å². The monoisotopic (exact) mass is 309 g/mol. The molecule has 2 aliphatic carbocycles. The Hall–Kier alpha value is -1.10. The number of nitrogens with zero attached hydrogens (tertiary/aromatic N) is 1. The molecule has 5 nitrogen and oxygen atoms in total. The minimum atomic E-state index is -0.227. The highest BCUT2D eigenvalue weighted by molar-refractivity contribution is 5.85. The Kier molecular flexibility index (Phi) is 4.44. The number of likely N-dealkylation sites (tertiary alicyclic amines) is 1. The van der Waals surface area contributed by atoms with Gasteiger partial charge in [0.05, 0.1) is 18.4 Å². The quantitative estimate of drug-likeness (QED) is 0.703. The number of ether oxygens (including phenoxy) is 2. The molecule has 124 valence electrons. The molecule has 3 fully saturated rings. The topological polar surface area (TPSA) is 55.8 Å². The molecule has 1 saturated heterocycles. The normalized spacial score (nSPS) is 30.0. The number of rotatable bonds is 6. The second-order valence-electron chi connectivity index (χ2n) is 7.22. The predicted molar refractivity (Wildman–Crippen MR) is 81.1 cm³/mol. The molecule has 1 aliphatic heterocycles. The van der Waals surface area contributed by atoms with Crippen LogP contribution in [0.4, 0.5) is 0 Å². The van der Waals surface area contributed by atoms with Crippen LogP contribution in [0.3, 0.4) is 0 Å². The number of carbonyl (C=O) groups excluding carboxylic acids is 2.